The number of hydrogen-bond donors (Lipinski definition) is 0. The number of Topliss-reactive ketones (excluding diaryl/α,β-unsaturated/α-hetero) is 1. The van der Waals surface area contributed by atoms with E-state index in [1.165, 1.54) is 23.4 Å². The summed E-state index contributed by atoms with van der Waals surface area (Å²) in [5.74, 6) is -2.06. The molecule has 1 aromatic carbocycles. The Morgan fingerprint density at radius 2 is 2.00 bits per heavy atom. The van der Waals surface area contributed by atoms with Crippen LogP contribution < -0.4 is 4.90 Å². The second-order valence-electron chi connectivity index (χ2n) is 4.33. The van der Waals surface area contributed by atoms with E-state index in [1.807, 2.05) is 0 Å². The average molecular weight is 371 g/mol. The molecule has 1 aliphatic heterocycles. The number of fused-ring (bicyclic) bond motifs is 1. The molecule has 0 saturated heterocycles. The van der Waals surface area contributed by atoms with E-state index >= 15 is 0 Å². The molecule has 8 heteroatoms. The van der Waals surface area contributed by atoms with E-state index in [-0.39, 0.29) is 17.3 Å². The predicted octanol–water partition coefficient (Wildman–Crippen LogP) is 2.76. The third kappa shape index (κ3) is 2.43. The SMILES string of the molecule is O=C1C(=O)N(Cc2cnc(Cl)cn2)c2c(Br)cc(F)cc21. The molecule has 0 radical (unpaired) electrons. The molecule has 106 valence electrons. The number of rotatable bonds is 2. The number of aromatic nitrogens is 2. The number of carbonyl (C=O) groups is 2. The molecule has 0 spiro atoms. The lowest BCUT2D eigenvalue weighted by molar-refractivity contribution is -0.114. The molecular formula is C13H6BrClFN3O2. The third-order valence-corrected chi connectivity index (χ3v) is 3.78. The van der Waals surface area contributed by atoms with E-state index in [4.69, 9.17) is 11.6 Å². The van der Waals surface area contributed by atoms with E-state index in [2.05, 4.69) is 25.9 Å². The van der Waals surface area contributed by atoms with Crippen molar-refractivity contribution in [2.24, 2.45) is 0 Å². The van der Waals surface area contributed by atoms with Gasteiger partial charge in [0.1, 0.15) is 11.0 Å². The summed E-state index contributed by atoms with van der Waals surface area (Å²) in [5.41, 5.74) is 0.835. The van der Waals surface area contributed by atoms with Gasteiger partial charge in [-0.05, 0) is 28.1 Å². The first kappa shape index (κ1) is 14.1. The maximum atomic E-state index is 13.4. The molecule has 0 bridgehead atoms. The number of benzene rings is 1. The van der Waals surface area contributed by atoms with Crippen molar-refractivity contribution in [3.05, 3.63) is 51.2 Å². The van der Waals surface area contributed by atoms with Gasteiger partial charge in [-0.25, -0.2) is 9.37 Å². The van der Waals surface area contributed by atoms with Crippen molar-refractivity contribution in [3.8, 4) is 0 Å². The summed E-state index contributed by atoms with van der Waals surface area (Å²) in [6.07, 6.45) is 2.76. The fourth-order valence-electron chi connectivity index (χ4n) is 2.09. The second kappa shape index (κ2) is 5.16. The number of halogens is 3. The Bertz CT molecular complexity index is 767. The Balaban J connectivity index is 2.03. The summed E-state index contributed by atoms with van der Waals surface area (Å²) in [4.78, 5) is 33.1. The lowest BCUT2D eigenvalue weighted by atomic mass is 10.1. The number of hydrogen-bond acceptors (Lipinski definition) is 4. The summed E-state index contributed by atoms with van der Waals surface area (Å²) in [5, 5.41) is 0.228. The van der Waals surface area contributed by atoms with Gasteiger partial charge in [-0.3, -0.25) is 19.5 Å². The highest BCUT2D eigenvalue weighted by Gasteiger charge is 2.38. The van der Waals surface area contributed by atoms with Crippen LogP contribution in [0, 0.1) is 5.82 Å². The average Bonchev–Trinajstić information content (AvgIpc) is 2.67. The van der Waals surface area contributed by atoms with Gasteiger partial charge in [-0.2, -0.15) is 0 Å². The molecule has 5 nitrogen and oxygen atoms in total. The maximum absolute atomic E-state index is 13.4. The van der Waals surface area contributed by atoms with Gasteiger partial charge in [-0.1, -0.05) is 11.6 Å². The van der Waals surface area contributed by atoms with Gasteiger partial charge in [0.15, 0.2) is 0 Å². The van der Waals surface area contributed by atoms with Crippen LogP contribution in [-0.2, 0) is 11.3 Å². The van der Waals surface area contributed by atoms with Crippen LogP contribution in [-0.4, -0.2) is 21.7 Å². The lowest BCUT2D eigenvalue weighted by Gasteiger charge is -2.17. The van der Waals surface area contributed by atoms with Gasteiger partial charge in [0.25, 0.3) is 11.7 Å². The van der Waals surface area contributed by atoms with Crippen molar-refractivity contribution in [1.29, 1.82) is 0 Å². The van der Waals surface area contributed by atoms with Crippen LogP contribution in [0.5, 0.6) is 0 Å². The molecule has 1 amide bonds. The number of amides is 1. The van der Waals surface area contributed by atoms with Crippen LogP contribution >= 0.6 is 27.5 Å². The van der Waals surface area contributed by atoms with Gasteiger partial charge in [0, 0.05) is 4.47 Å². The van der Waals surface area contributed by atoms with Crippen LogP contribution in [0.15, 0.2) is 29.0 Å². The first-order valence-corrected chi connectivity index (χ1v) is 6.96. The predicted molar refractivity (Wildman–Crippen MR) is 76.7 cm³/mol. The number of carbonyl (C=O) groups excluding carboxylic acids is 2. The molecule has 0 atom stereocenters. The number of ketones is 1. The van der Waals surface area contributed by atoms with Crippen LogP contribution in [0.25, 0.3) is 0 Å². The van der Waals surface area contributed by atoms with E-state index in [0.717, 1.165) is 6.07 Å². The maximum Gasteiger partial charge on any atom is 0.299 e. The second-order valence-corrected chi connectivity index (χ2v) is 5.58. The van der Waals surface area contributed by atoms with Crippen molar-refractivity contribution in [1.82, 2.24) is 9.97 Å². The van der Waals surface area contributed by atoms with Gasteiger partial charge in [0.2, 0.25) is 0 Å². The minimum atomic E-state index is -0.743. The molecule has 21 heavy (non-hydrogen) atoms. The van der Waals surface area contributed by atoms with Gasteiger partial charge < -0.3 is 0 Å². The molecule has 1 aliphatic rings. The molecule has 1 aromatic heterocycles. The Labute approximate surface area is 131 Å². The largest absolute Gasteiger partial charge is 0.299 e. The lowest BCUT2D eigenvalue weighted by Crippen LogP contribution is -2.29. The van der Waals surface area contributed by atoms with Gasteiger partial charge in [0.05, 0.1) is 35.9 Å². The van der Waals surface area contributed by atoms with Gasteiger partial charge >= 0.3 is 0 Å². The quantitative estimate of drug-likeness (QED) is 0.763. The van der Waals surface area contributed by atoms with E-state index < -0.39 is 17.5 Å². The molecule has 0 N–H and O–H groups in total. The fraction of sp³-hybridized carbons (Fsp3) is 0.0769. The van der Waals surface area contributed by atoms with E-state index in [1.54, 1.807) is 0 Å². The highest BCUT2D eigenvalue weighted by molar-refractivity contribution is 9.10. The van der Waals surface area contributed by atoms with Crippen molar-refractivity contribution in [3.63, 3.8) is 0 Å². The van der Waals surface area contributed by atoms with E-state index in [9.17, 15) is 14.0 Å². The zero-order chi connectivity index (χ0) is 15.1. The summed E-state index contributed by atoms with van der Waals surface area (Å²) in [6, 6.07) is 2.25. The minimum absolute atomic E-state index is 0.0359. The van der Waals surface area contributed by atoms with Crippen molar-refractivity contribution in [2.75, 3.05) is 4.90 Å². The Morgan fingerprint density at radius 1 is 1.24 bits per heavy atom. The molecule has 0 saturated carbocycles. The summed E-state index contributed by atoms with van der Waals surface area (Å²) >= 11 is 8.82. The minimum Gasteiger partial charge on any atom is -0.298 e. The first-order chi connectivity index (χ1) is 9.97. The summed E-state index contributed by atoms with van der Waals surface area (Å²) in [6.45, 7) is 0.0476. The highest BCUT2D eigenvalue weighted by atomic mass is 79.9. The van der Waals surface area contributed by atoms with Crippen molar-refractivity contribution in [2.45, 2.75) is 6.54 Å². The molecular weight excluding hydrogens is 365 g/mol. The molecule has 3 rings (SSSR count). The Hall–Kier alpha value is -1.86. The number of nitrogens with zero attached hydrogens (tertiary/aromatic N) is 3. The van der Waals surface area contributed by atoms with E-state index in [0.29, 0.717) is 15.9 Å². The molecule has 0 fully saturated rings. The zero-order valence-corrected chi connectivity index (χ0v) is 12.7. The normalized spacial score (nSPS) is 13.8. The Morgan fingerprint density at radius 3 is 2.67 bits per heavy atom. The standard InChI is InChI=1S/C13H6BrClFN3O2/c14-9-2-6(16)1-8-11(9)19(13(21)12(8)20)5-7-3-18-10(15)4-17-7/h1-4H,5H2. The topological polar surface area (TPSA) is 63.2 Å². The summed E-state index contributed by atoms with van der Waals surface area (Å²) < 4.78 is 13.7. The van der Waals surface area contributed by atoms with Crippen LogP contribution in [0.3, 0.4) is 0 Å². The summed E-state index contributed by atoms with van der Waals surface area (Å²) in [7, 11) is 0. The molecule has 2 aromatic rings. The van der Waals surface area contributed by atoms with Crippen LogP contribution in [0.2, 0.25) is 5.15 Å². The molecule has 2 heterocycles. The Kier molecular flexibility index (Phi) is 3.46. The third-order valence-electron chi connectivity index (χ3n) is 2.98. The van der Waals surface area contributed by atoms with Crippen molar-refractivity contribution < 1.29 is 14.0 Å². The van der Waals surface area contributed by atoms with Crippen molar-refractivity contribution >= 4 is 44.9 Å². The highest BCUT2D eigenvalue weighted by Crippen LogP contribution is 2.37. The number of anilines is 1. The molecule has 0 unspecified atom stereocenters. The zero-order valence-electron chi connectivity index (χ0n) is 10.3. The van der Waals surface area contributed by atoms with Gasteiger partial charge in [-0.15, -0.1) is 0 Å². The van der Waals surface area contributed by atoms with Crippen LogP contribution in [0.1, 0.15) is 16.1 Å². The monoisotopic (exact) mass is 369 g/mol. The fourth-order valence-corrected chi connectivity index (χ4v) is 2.83. The first-order valence-electron chi connectivity index (χ1n) is 5.79. The smallest absolute Gasteiger partial charge is 0.298 e. The molecule has 0 aliphatic carbocycles. The van der Waals surface area contributed by atoms with Crippen LogP contribution in [0.4, 0.5) is 10.1 Å².